The van der Waals surface area contributed by atoms with E-state index in [1.807, 2.05) is 7.05 Å². The van der Waals surface area contributed by atoms with Gasteiger partial charge in [0.15, 0.2) is 5.13 Å². The summed E-state index contributed by atoms with van der Waals surface area (Å²) < 4.78 is 32.8. The van der Waals surface area contributed by atoms with Crippen molar-refractivity contribution >= 4 is 22.5 Å². The second kappa shape index (κ2) is 9.89. The van der Waals surface area contributed by atoms with E-state index in [4.69, 9.17) is 4.74 Å². The van der Waals surface area contributed by atoms with Gasteiger partial charge in [0.25, 0.3) is 6.43 Å². The van der Waals surface area contributed by atoms with Crippen molar-refractivity contribution < 1.29 is 18.3 Å². The van der Waals surface area contributed by atoms with Gasteiger partial charge in [0.1, 0.15) is 5.69 Å². The average molecular weight is 511 g/mol. The summed E-state index contributed by atoms with van der Waals surface area (Å²) in [6, 6.07) is 11.9. The van der Waals surface area contributed by atoms with E-state index in [0.717, 1.165) is 6.54 Å². The van der Waals surface area contributed by atoms with Crippen molar-refractivity contribution in [2.75, 3.05) is 38.6 Å². The van der Waals surface area contributed by atoms with Gasteiger partial charge in [-0.3, -0.25) is 15.2 Å². The van der Waals surface area contributed by atoms with E-state index in [1.54, 1.807) is 42.2 Å². The van der Waals surface area contributed by atoms with Crippen LogP contribution in [0.3, 0.4) is 0 Å². The molecule has 1 aromatic carbocycles. The Kier molecular flexibility index (Phi) is 6.66. The number of likely N-dealkylation sites (N-methyl/N-ethyl adjacent to an activating group) is 1. The number of pyridine rings is 1. The van der Waals surface area contributed by atoms with Crippen molar-refractivity contribution in [2.45, 2.75) is 25.5 Å². The standard InChI is InChI=1S/C25H24F2N6O2S/c1-14-8-17(10-18(29-14)23(26)27)22-21(16-5-3-4-15(9-16)11-28)30-24(36-22)31-25(34)33-12-19-20(13-33)35-7-6-32(19)2/h3-5,8-10,19-20,23H,6-7,12-13H2,1-2H3,(H,30,31,34)/t19-,20-/m0/s1. The van der Waals surface area contributed by atoms with Crippen LogP contribution in [-0.4, -0.2) is 71.2 Å². The van der Waals surface area contributed by atoms with Gasteiger partial charge in [-0.05, 0) is 43.8 Å². The maximum Gasteiger partial charge on any atom is 0.323 e. The Labute approximate surface area is 211 Å². The van der Waals surface area contributed by atoms with Gasteiger partial charge in [-0.25, -0.2) is 18.6 Å². The third kappa shape index (κ3) is 4.80. The maximum absolute atomic E-state index is 13.5. The lowest BCUT2D eigenvalue weighted by molar-refractivity contribution is -0.0367. The highest BCUT2D eigenvalue weighted by atomic mass is 32.1. The van der Waals surface area contributed by atoms with Crippen molar-refractivity contribution in [3.05, 3.63) is 53.3 Å². The third-order valence-corrected chi connectivity index (χ3v) is 7.45. The zero-order chi connectivity index (χ0) is 25.4. The Hall–Kier alpha value is -3.46. The quantitative estimate of drug-likeness (QED) is 0.554. The second-order valence-electron chi connectivity index (χ2n) is 8.90. The highest BCUT2D eigenvalue weighted by Gasteiger charge is 2.40. The summed E-state index contributed by atoms with van der Waals surface area (Å²) in [5.41, 5.74) is 2.23. The van der Waals surface area contributed by atoms with E-state index in [9.17, 15) is 18.8 Å². The summed E-state index contributed by atoms with van der Waals surface area (Å²) in [5, 5.41) is 12.6. The number of urea groups is 1. The van der Waals surface area contributed by atoms with Gasteiger partial charge < -0.3 is 9.64 Å². The third-order valence-electron chi connectivity index (χ3n) is 6.43. The zero-order valence-electron chi connectivity index (χ0n) is 19.7. The highest BCUT2D eigenvalue weighted by Crippen LogP contribution is 2.40. The van der Waals surface area contributed by atoms with Crippen LogP contribution in [0.1, 0.15) is 23.4 Å². The molecule has 2 aromatic heterocycles. The molecule has 4 heterocycles. The molecular weight excluding hydrogens is 486 g/mol. The molecule has 0 radical (unpaired) electrons. The summed E-state index contributed by atoms with van der Waals surface area (Å²) in [6.45, 7) is 4.14. The Morgan fingerprint density at radius 1 is 1.25 bits per heavy atom. The van der Waals surface area contributed by atoms with Gasteiger partial charge in [-0.1, -0.05) is 23.5 Å². The van der Waals surface area contributed by atoms with Gasteiger partial charge >= 0.3 is 6.03 Å². The number of hydrogen-bond acceptors (Lipinski definition) is 7. The monoisotopic (exact) mass is 510 g/mol. The Morgan fingerprint density at radius 2 is 2.08 bits per heavy atom. The molecule has 3 aromatic rings. The van der Waals surface area contributed by atoms with Gasteiger partial charge in [-0.2, -0.15) is 5.26 Å². The van der Waals surface area contributed by atoms with Crippen LogP contribution < -0.4 is 5.32 Å². The number of amides is 2. The SMILES string of the molecule is Cc1cc(-c2sc(NC(=O)N3C[C@@H]4OCCN(C)[C@H]4C3)nc2-c2cccc(C#N)c2)cc(C(F)F)n1. The number of anilines is 1. The molecule has 5 rings (SSSR count). The number of alkyl halides is 2. The van der Waals surface area contributed by atoms with Crippen molar-refractivity contribution in [3.8, 4) is 27.8 Å². The molecule has 2 saturated heterocycles. The molecule has 2 aliphatic heterocycles. The molecule has 8 nitrogen and oxygen atoms in total. The van der Waals surface area contributed by atoms with E-state index >= 15 is 0 Å². The molecule has 0 unspecified atom stereocenters. The number of rotatable bonds is 4. The van der Waals surface area contributed by atoms with Crippen molar-refractivity contribution in [1.82, 2.24) is 19.8 Å². The highest BCUT2D eigenvalue weighted by molar-refractivity contribution is 7.19. The van der Waals surface area contributed by atoms with Crippen LogP contribution in [0.4, 0.5) is 18.7 Å². The van der Waals surface area contributed by atoms with E-state index < -0.39 is 6.43 Å². The zero-order valence-corrected chi connectivity index (χ0v) is 20.6. The fourth-order valence-corrected chi connectivity index (χ4v) is 5.60. The molecule has 36 heavy (non-hydrogen) atoms. The molecule has 2 fully saturated rings. The molecule has 2 atom stereocenters. The summed E-state index contributed by atoms with van der Waals surface area (Å²) in [6.07, 6.45) is -2.75. The van der Waals surface area contributed by atoms with E-state index in [1.165, 1.54) is 17.4 Å². The molecule has 11 heteroatoms. The first-order chi connectivity index (χ1) is 17.3. The fraction of sp³-hybridized carbons (Fsp3) is 0.360. The predicted octanol–water partition coefficient (Wildman–Crippen LogP) is 4.54. The maximum atomic E-state index is 13.5. The van der Waals surface area contributed by atoms with Gasteiger partial charge in [0, 0.05) is 24.3 Å². The van der Waals surface area contributed by atoms with Crippen LogP contribution in [0.25, 0.3) is 21.7 Å². The number of nitrogens with one attached hydrogen (secondary N) is 1. The minimum atomic E-state index is -2.72. The number of ether oxygens (including phenoxy) is 1. The number of aromatic nitrogens is 2. The number of benzene rings is 1. The minimum absolute atomic E-state index is 0.0294. The number of nitrogens with zero attached hydrogens (tertiary/aromatic N) is 5. The van der Waals surface area contributed by atoms with Gasteiger partial charge in [-0.15, -0.1) is 0 Å². The van der Waals surface area contributed by atoms with E-state index in [0.29, 0.717) is 57.8 Å². The number of nitriles is 1. The minimum Gasteiger partial charge on any atom is -0.373 e. The second-order valence-corrected chi connectivity index (χ2v) is 9.90. The molecular formula is C25H24F2N6O2S. The Bertz CT molecular complexity index is 1340. The largest absolute Gasteiger partial charge is 0.373 e. The number of carbonyl (C=O) groups is 1. The fourth-order valence-electron chi connectivity index (χ4n) is 4.63. The first kappa shape index (κ1) is 24.2. The normalized spacial score (nSPS) is 19.8. The number of hydrogen-bond donors (Lipinski definition) is 1. The summed E-state index contributed by atoms with van der Waals surface area (Å²) in [5.74, 6) is 0. The van der Waals surface area contributed by atoms with Crippen LogP contribution >= 0.6 is 11.3 Å². The number of likely N-dealkylation sites (tertiary alicyclic amines) is 1. The molecule has 1 N–H and O–H groups in total. The lowest BCUT2D eigenvalue weighted by Crippen LogP contribution is -2.48. The van der Waals surface area contributed by atoms with E-state index in [2.05, 4.69) is 26.3 Å². The molecule has 2 amide bonds. The Morgan fingerprint density at radius 3 is 2.83 bits per heavy atom. The van der Waals surface area contributed by atoms with Gasteiger partial charge in [0.05, 0.1) is 47.5 Å². The summed E-state index contributed by atoms with van der Waals surface area (Å²) >= 11 is 1.20. The molecule has 0 bridgehead atoms. The number of halogens is 2. The van der Waals surface area contributed by atoms with Crippen molar-refractivity contribution in [2.24, 2.45) is 0 Å². The lowest BCUT2D eigenvalue weighted by Gasteiger charge is -2.33. The number of aryl methyl sites for hydroxylation is 1. The first-order valence-electron chi connectivity index (χ1n) is 11.5. The van der Waals surface area contributed by atoms with Crippen LogP contribution in [0.5, 0.6) is 0 Å². The predicted molar refractivity (Wildman–Crippen MR) is 132 cm³/mol. The molecule has 2 aliphatic rings. The summed E-state index contributed by atoms with van der Waals surface area (Å²) in [7, 11) is 2.03. The van der Waals surface area contributed by atoms with Gasteiger partial charge in [0.2, 0.25) is 0 Å². The topological polar surface area (TPSA) is 94.4 Å². The van der Waals surface area contributed by atoms with Crippen molar-refractivity contribution in [3.63, 3.8) is 0 Å². The van der Waals surface area contributed by atoms with E-state index in [-0.39, 0.29) is 23.9 Å². The molecule has 186 valence electrons. The van der Waals surface area contributed by atoms with Crippen molar-refractivity contribution in [1.29, 1.82) is 5.26 Å². The number of thiazole rings is 1. The smallest absolute Gasteiger partial charge is 0.323 e. The summed E-state index contributed by atoms with van der Waals surface area (Å²) in [4.78, 5) is 26.2. The van der Waals surface area contributed by atoms with Crippen LogP contribution in [0.15, 0.2) is 36.4 Å². The molecule has 0 spiro atoms. The molecule has 0 aliphatic carbocycles. The molecule has 0 saturated carbocycles. The average Bonchev–Trinajstić information content (AvgIpc) is 3.49. The van der Waals surface area contributed by atoms with Crippen LogP contribution in [0.2, 0.25) is 0 Å². The number of morpholine rings is 1. The lowest BCUT2D eigenvalue weighted by atomic mass is 10.0. The Balaban J connectivity index is 1.49. The number of carbonyl (C=O) groups excluding carboxylic acids is 1. The number of fused-ring (bicyclic) bond motifs is 1. The van der Waals surface area contributed by atoms with Crippen LogP contribution in [-0.2, 0) is 4.74 Å². The first-order valence-corrected chi connectivity index (χ1v) is 12.3. The van der Waals surface area contributed by atoms with Crippen LogP contribution in [0, 0.1) is 18.3 Å².